The van der Waals surface area contributed by atoms with Crippen LogP contribution in [-0.4, -0.2) is 31.8 Å². The van der Waals surface area contributed by atoms with Crippen molar-refractivity contribution in [3.05, 3.63) is 71.3 Å². The highest BCUT2D eigenvalue weighted by atomic mass is 19.1. The maximum Gasteiger partial charge on any atom is 0.350 e. The highest BCUT2D eigenvalue weighted by Gasteiger charge is 2.10. The molecule has 2 heterocycles. The number of carbonyl (C=O) groups is 1. The van der Waals surface area contributed by atoms with E-state index in [9.17, 15) is 14.0 Å². The molecule has 0 atom stereocenters. The lowest BCUT2D eigenvalue weighted by Crippen LogP contribution is -2.25. The summed E-state index contributed by atoms with van der Waals surface area (Å²) in [5.74, 6) is 0.226. The standard InChI is InChI=1S/C19H19FN6O2/c1-13(27)24-18-8-16(5-6-22-18)15-3-2-4-17(7-15)25-12-23-26(19(25)28)11-14(9-20)10-21/h2-9,12H,10-11,21H2,1H3,(H,22,24,27)/b14-9-. The first-order valence-electron chi connectivity index (χ1n) is 8.49. The largest absolute Gasteiger partial charge is 0.350 e. The molecule has 0 radical (unpaired) electrons. The van der Waals surface area contributed by atoms with Gasteiger partial charge in [-0.3, -0.25) is 4.79 Å². The number of aromatic nitrogens is 4. The van der Waals surface area contributed by atoms with Crippen LogP contribution < -0.4 is 16.7 Å². The second-order valence-corrected chi connectivity index (χ2v) is 6.07. The lowest BCUT2D eigenvalue weighted by Gasteiger charge is -2.07. The molecule has 1 amide bonds. The smallest absolute Gasteiger partial charge is 0.327 e. The minimum absolute atomic E-state index is 0.00393. The van der Waals surface area contributed by atoms with Gasteiger partial charge in [0.05, 0.1) is 18.6 Å². The molecule has 3 rings (SSSR count). The molecule has 0 spiro atoms. The van der Waals surface area contributed by atoms with Gasteiger partial charge in [-0.05, 0) is 41.0 Å². The quantitative estimate of drug-likeness (QED) is 0.677. The molecule has 0 unspecified atom stereocenters. The van der Waals surface area contributed by atoms with Crippen molar-refractivity contribution >= 4 is 11.7 Å². The third-order valence-corrected chi connectivity index (χ3v) is 4.02. The van der Waals surface area contributed by atoms with E-state index < -0.39 is 5.69 Å². The van der Waals surface area contributed by atoms with Crippen LogP contribution in [0.3, 0.4) is 0 Å². The zero-order valence-corrected chi connectivity index (χ0v) is 15.2. The molecule has 8 nitrogen and oxygen atoms in total. The van der Waals surface area contributed by atoms with Gasteiger partial charge >= 0.3 is 5.69 Å². The molecule has 144 valence electrons. The zero-order chi connectivity index (χ0) is 20.1. The van der Waals surface area contributed by atoms with Crippen LogP contribution in [0.15, 0.2) is 65.6 Å². The van der Waals surface area contributed by atoms with Crippen molar-refractivity contribution in [2.24, 2.45) is 5.73 Å². The van der Waals surface area contributed by atoms with Crippen molar-refractivity contribution in [1.29, 1.82) is 0 Å². The van der Waals surface area contributed by atoms with Crippen LogP contribution in [0.25, 0.3) is 16.8 Å². The molecule has 28 heavy (non-hydrogen) atoms. The fraction of sp³-hybridized carbons (Fsp3) is 0.158. The van der Waals surface area contributed by atoms with Gasteiger partial charge in [0.2, 0.25) is 5.91 Å². The Bertz CT molecular complexity index is 1090. The minimum Gasteiger partial charge on any atom is -0.327 e. The number of rotatable bonds is 6. The van der Waals surface area contributed by atoms with E-state index in [1.807, 2.05) is 12.1 Å². The Morgan fingerprint density at radius 2 is 2.07 bits per heavy atom. The molecule has 0 aliphatic carbocycles. The maximum atomic E-state index is 12.7. The number of nitrogens with one attached hydrogen (secondary N) is 1. The summed E-state index contributed by atoms with van der Waals surface area (Å²) >= 11 is 0. The Morgan fingerprint density at radius 1 is 1.29 bits per heavy atom. The number of pyridine rings is 1. The first-order valence-corrected chi connectivity index (χ1v) is 8.49. The van der Waals surface area contributed by atoms with E-state index >= 15 is 0 Å². The van der Waals surface area contributed by atoms with Gasteiger partial charge in [0, 0.05) is 19.7 Å². The molecule has 0 saturated carbocycles. The van der Waals surface area contributed by atoms with Gasteiger partial charge in [-0.1, -0.05) is 12.1 Å². The molecule has 0 fully saturated rings. The Hall–Kier alpha value is -3.59. The second kappa shape index (κ2) is 8.40. The number of carbonyl (C=O) groups excluding carboxylic acids is 1. The number of hydrogen-bond donors (Lipinski definition) is 2. The summed E-state index contributed by atoms with van der Waals surface area (Å²) in [6, 6.07) is 10.8. The predicted molar refractivity (Wildman–Crippen MR) is 104 cm³/mol. The molecule has 1 aromatic carbocycles. The number of halogens is 1. The van der Waals surface area contributed by atoms with Crippen LogP contribution in [0.4, 0.5) is 10.2 Å². The average Bonchev–Trinajstić information content (AvgIpc) is 3.06. The van der Waals surface area contributed by atoms with Crippen molar-refractivity contribution < 1.29 is 9.18 Å². The molecular formula is C19H19FN6O2. The van der Waals surface area contributed by atoms with Crippen molar-refractivity contribution in [1.82, 2.24) is 19.3 Å². The predicted octanol–water partition coefficient (Wildman–Crippen LogP) is 1.87. The van der Waals surface area contributed by atoms with Crippen LogP contribution >= 0.6 is 0 Å². The number of benzene rings is 1. The number of anilines is 1. The van der Waals surface area contributed by atoms with Gasteiger partial charge in [0.15, 0.2) is 0 Å². The first-order chi connectivity index (χ1) is 13.5. The molecule has 0 saturated heterocycles. The SMILES string of the molecule is CC(=O)Nc1cc(-c2cccc(-n3cnn(C/C(=C\F)CN)c3=O)c2)ccn1. The topological polar surface area (TPSA) is 108 Å². The van der Waals surface area contributed by atoms with E-state index in [0.29, 0.717) is 17.8 Å². The number of nitrogens with zero attached hydrogens (tertiary/aromatic N) is 4. The fourth-order valence-corrected chi connectivity index (χ4v) is 2.65. The van der Waals surface area contributed by atoms with E-state index in [4.69, 9.17) is 5.73 Å². The van der Waals surface area contributed by atoms with Gasteiger partial charge in [0.1, 0.15) is 12.1 Å². The number of nitrogens with two attached hydrogens (primary N) is 1. The Kier molecular flexibility index (Phi) is 5.75. The molecule has 2 aromatic heterocycles. The highest BCUT2D eigenvalue weighted by Crippen LogP contribution is 2.23. The summed E-state index contributed by atoms with van der Waals surface area (Å²) < 4.78 is 15.2. The summed E-state index contributed by atoms with van der Waals surface area (Å²) in [5.41, 5.74) is 7.56. The van der Waals surface area contributed by atoms with Crippen LogP contribution in [0.2, 0.25) is 0 Å². The number of hydrogen-bond acceptors (Lipinski definition) is 5. The molecule has 3 N–H and O–H groups in total. The van der Waals surface area contributed by atoms with Crippen molar-refractivity contribution in [3.63, 3.8) is 0 Å². The first kappa shape index (κ1) is 19.2. The summed E-state index contributed by atoms with van der Waals surface area (Å²) in [6.07, 6.45) is 3.36. The van der Waals surface area contributed by atoms with E-state index in [2.05, 4.69) is 15.4 Å². The third kappa shape index (κ3) is 4.21. The highest BCUT2D eigenvalue weighted by molar-refractivity contribution is 5.88. The Labute approximate surface area is 160 Å². The molecule has 3 aromatic rings. The molecule has 0 aliphatic heterocycles. The third-order valence-electron chi connectivity index (χ3n) is 4.02. The molecular weight excluding hydrogens is 363 g/mol. The van der Waals surface area contributed by atoms with Crippen molar-refractivity contribution in [3.8, 4) is 16.8 Å². The average molecular weight is 382 g/mol. The Morgan fingerprint density at radius 3 is 2.79 bits per heavy atom. The van der Waals surface area contributed by atoms with Gasteiger partial charge in [-0.2, -0.15) is 5.10 Å². The fourth-order valence-electron chi connectivity index (χ4n) is 2.65. The van der Waals surface area contributed by atoms with Crippen LogP contribution in [-0.2, 0) is 11.3 Å². The lowest BCUT2D eigenvalue weighted by molar-refractivity contribution is -0.114. The van der Waals surface area contributed by atoms with E-state index in [1.54, 1.807) is 30.5 Å². The van der Waals surface area contributed by atoms with E-state index in [0.717, 1.165) is 15.8 Å². The van der Waals surface area contributed by atoms with Crippen LogP contribution in [0.5, 0.6) is 0 Å². The van der Waals surface area contributed by atoms with E-state index in [1.165, 1.54) is 17.8 Å². The van der Waals surface area contributed by atoms with Gasteiger partial charge in [-0.25, -0.2) is 23.4 Å². The lowest BCUT2D eigenvalue weighted by atomic mass is 10.1. The monoisotopic (exact) mass is 382 g/mol. The molecule has 0 bridgehead atoms. The summed E-state index contributed by atoms with van der Waals surface area (Å²) in [7, 11) is 0. The normalized spacial score (nSPS) is 11.5. The maximum absolute atomic E-state index is 12.7. The zero-order valence-electron chi connectivity index (χ0n) is 15.2. The van der Waals surface area contributed by atoms with E-state index in [-0.39, 0.29) is 24.6 Å². The minimum atomic E-state index is -0.404. The van der Waals surface area contributed by atoms with Crippen molar-refractivity contribution in [2.75, 3.05) is 11.9 Å². The number of amides is 1. The molecule has 9 heteroatoms. The van der Waals surface area contributed by atoms with Crippen molar-refractivity contribution in [2.45, 2.75) is 13.5 Å². The Balaban J connectivity index is 1.94. The summed E-state index contributed by atoms with van der Waals surface area (Å²) in [6.45, 7) is 1.40. The van der Waals surface area contributed by atoms with Crippen LogP contribution in [0, 0.1) is 0 Å². The molecule has 0 aliphatic rings. The van der Waals surface area contributed by atoms with Gasteiger partial charge in [0.25, 0.3) is 0 Å². The van der Waals surface area contributed by atoms with Gasteiger partial charge < -0.3 is 11.1 Å². The second-order valence-electron chi connectivity index (χ2n) is 6.07. The van der Waals surface area contributed by atoms with Gasteiger partial charge in [-0.15, -0.1) is 0 Å². The van der Waals surface area contributed by atoms with Crippen LogP contribution in [0.1, 0.15) is 6.92 Å². The summed E-state index contributed by atoms with van der Waals surface area (Å²) in [4.78, 5) is 27.9. The summed E-state index contributed by atoms with van der Waals surface area (Å²) in [5, 5.41) is 6.66.